The highest BCUT2D eigenvalue weighted by atomic mass is 79.9. The van der Waals surface area contributed by atoms with Crippen molar-refractivity contribution in [2.24, 2.45) is 0 Å². The highest BCUT2D eigenvalue weighted by molar-refractivity contribution is 9.10. The zero-order valence-corrected chi connectivity index (χ0v) is 15.6. The normalized spacial score (nSPS) is 11.6. The van der Waals surface area contributed by atoms with Crippen molar-refractivity contribution >= 4 is 60.1 Å². The van der Waals surface area contributed by atoms with Crippen LogP contribution in [0, 0.1) is 0 Å². The van der Waals surface area contributed by atoms with E-state index < -0.39 is 0 Å². The summed E-state index contributed by atoms with van der Waals surface area (Å²) in [5.74, 6) is 0. The largest absolute Gasteiger partial charge is 0.307 e. The van der Waals surface area contributed by atoms with Crippen LogP contribution in [0.3, 0.4) is 0 Å². The van der Waals surface area contributed by atoms with Crippen molar-refractivity contribution in [3.8, 4) is 5.69 Å². The third-order valence-electron chi connectivity index (χ3n) is 4.71. The smallest absolute Gasteiger partial charge is 0.0648 e. The molecule has 0 aliphatic heterocycles. The summed E-state index contributed by atoms with van der Waals surface area (Å²) in [6.07, 6.45) is 0. The van der Waals surface area contributed by atoms with Crippen LogP contribution in [0.15, 0.2) is 83.3 Å². The first-order valence-corrected chi connectivity index (χ1v) is 9.27. The van der Waals surface area contributed by atoms with Crippen molar-refractivity contribution in [1.29, 1.82) is 0 Å². The molecule has 0 fully saturated rings. The predicted octanol–water partition coefficient (Wildman–Crippen LogP) is 7.35. The number of fused-ring (bicyclic) bond motifs is 5. The Balaban J connectivity index is 2.08. The summed E-state index contributed by atoms with van der Waals surface area (Å²) < 4.78 is 3.36. The van der Waals surface area contributed by atoms with E-state index in [1.54, 1.807) is 0 Å². The lowest BCUT2D eigenvalue weighted by Crippen LogP contribution is -1.95. The van der Waals surface area contributed by atoms with Gasteiger partial charge in [0.05, 0.1) is 21.7 Å². The van der Waals surface area contributed by atoms with Crippen molar-refractivity contribution in [2.45, 2.75) is 0 Å². The Labute approximate surface area is 158 Å². The molecule has 4 aromatic carbocycles. The van der Waals surface area contributed by atoms with Crippen LogP contribution >= 0.6 is 27.5 Å². The van der Waals surface area contributed by atoms with Gasteiger partial charge in [0.1, 0.15) is 0 Å². The number of benzene rings is 4. The SMILES string of the molecule is Clc1ccccc1-n1c2ccccc2c2ccc3cc(Br)ccc3c21. The molecule has 5 aromatic rings. The van der Waals surface area contributed by atoms with E-state index >= 15 is 0 Å². The average Bonchev–Trinajstić information content (AvgIpc) is 2.96. The first kappa shape index (κ1) is 15.0. The number of aromatic nitrogens is 1. The van der Waals surface area contributed by atoms with Gasteiger partial charge in [-0.3, -0.25) is 0 Å². The van der Waals surface area contributed by atoms with Gasteiger partial charge in [0, 0.05) is 20.6 Å². The maximum Gasteiger partial charge on any atom is 0.0648 e. The van der Waals surface area contributed by atoms with Gasteiger partial charge in [0.2, 0.25) is 0 Å². The second kappa shape index (κ2) is 5.62. The summed E-state index contributed by atoms with van der Waals surface area (Å²) in [4.78, 5) is 0. The first-order valence-electron chi connectivity index (χ1n) is 8.10. The summed E-state index contributed by atoms with van der Waals surface area (Å²) in [7, 11) is 0. The molecule has 0 atom stereocenters. The summed E-state index contributed by atoms with van der Waals surface area (Å²) >= 11 is 10.1. The maximum absolute atomic E-state index is 6.56. The van der Waals surface area contributed by atoms with Crippen molar-refractivity contribution in [3.05, 3.63) is 88.4 Å². The molecule has 0 aliphatic carbocycles. The Hall–Kier alpha value is -2.29. The molecule has 0 radical (unpaired) electrons. The molecule has 0 N–H and O–H groups in total. The van der Waals surface area contributed by atoms with Crippen molar-refractivity contribution in [2.75, 3.05) is 0 Å². The van der Waals surface area contributed by atoms with Crippen LogP contribution < -0.4 is 0 Å². The van der Waals surface area contributed by atoms with Gasteiger partial charge in [-0.05, 0) is 35.7 Å². The van der Waals surface area contributed by atoms with Crippen LogP contribution in [0.25, 0.3) is 38.3 Å². The van der Waals surface area contributed by atoms with Gasteiger partial charge in [-0.15, -0.1) is 0 Å². The maximum atomic E-state index is 6.56. The zero-order valence-electron chi connectivity index (χ0n) is 13.2. The minimum absolute atomic E-state index is 0.749. The molecular weight excluding hydrogens is 394 g/mol. The van der Waals surface area contributed by atoms with Gasteiger partial charge >= 0.3 is 0 Å². The Morgan fingerprint density at radius 1 is 0.720 bits per heavy atom. The fraction of sp³-hybridized carbons (Fsp3) is 0. The molecule has 0 aliphatic rings. The van der Waals surface area contributed by atoms with Crippen molar-refractivity contribution in [3.63, 3.8) is 0 Å². The molecule has 1 aromatic heterocycles. The van der Waals surface area contributed by atoms with E-state index in [4.69, 9.17) is 11.6 Å². The molecular formula is C22H13BrClN. The van der Waals surface area contributed by atoms with E-state index in [1.165, 1.54) is 32.6 Å². The van der Waals surface area contributed by atoms with Crippen LogP contribution in [0.5, 0.6) is 0 Å². The molecule has 1 nitrogen and oxygen atoms in total. The molecule has 0 unspecified atom stereocenters. The lowest BCUT2D eigenvalue weighted by atomic mass is 10.1. The second-order valence-electron chi connectivity index (χ2n) is 6.13. The number of hydrogen-bond acceptors (Lipinski definition) is 0. The Morgan fingerprint density at radius 2 is 1.48 bits per heavy atom. The Morgan fingerprint density at radius 3 is 2.36 bits per heavy atom. The molecule has 0 spiro atoms. The summed E-state index contributed by atoms with van der Waals surface area (Å²) in [5.41, 5.74) is 3.37. The summed E-state index contributed by atoms with van der Waals surface area (Å²) in [6, 6.07) is 27.3. The fourth-order valence-corrected chi connectivity index (χ4v) is 4.24. The van der Waals surface area contributed by atoms with Crippen LogP contribution in [0.1, 0.15) is 0 Å². The minimum Gasteiger partial charge on any atom is -0.307 e. The summed E-state index contributed by atoms with van der Waals surface area (Å²) in [5, 5.41) is 5.65. The van der Waals surface area contributed by atoms with Gasteiger partial charge in [-0.1, -0.05) is 76.1 Å². The molecule has 1 heterocycles. The average molecular weight is 407 g/mol. The van der Waals surface area contributed by atoms with Crippen LogP contribution in [-0.4, -0.2) is 4.57 Å². The predicted molar refractivity (Wildman–Crippen MR) is 111 cm³/mol. The lowest BCUT2D eigenvalue weighted by molar-refractivity contribution is 1.19. The van der Waals surface area contributed by atoms with E-state index in [2.05, 4.69) is 81.2 Å². The highest BCUT2D eigenvalue weighted by Gasteiger charge is 2.16. The standard InChI is InChI=1S/C22H13BrClN/c23-15-10-12-16-14(13-15)9-11-18-17-5-1-3-7-20(17)25(22(16)18)21-8-4-2-6-19(21)24/h1-13H. The van der Waals surface area contributed by atoms with Crippen LogP contribution in [0.2, 0.25) is 5.02 Å². The van der Waals surface area contributed by atoms with Crippen molar-refractivity contribution < 1.29 is 0 Å². The first-order chi connectivity index (χ1) is 12.2. The minimum atomic E-state index is 0.749. The monoisotopic (exact) mass is 405 g/mol. The molecule has 25 heavy (non-hydrogen) atoms. The van der Waals surface area contributed by atoms with E-state index in [0.29, 0.717) is 0 Å². The molecule has 3 heteroatoms. The van der Waals surface area contributed by atoms with E-state index in [0.717, 1.165) is 15.2 Å². The highest BCUT2D eigenvalue weighted by Crippen LogP contribution is 2.38. The molecule has 0 bridgehead atoms. The number of rotatable bonds is 1. The zero-order chi connectivity index (χ0) is 17.0. The third kappa shape index (κ3) is 2.21. The molecule has 0 saturated heterocycles. The van der Waals surface area contributed by atoms with Crippen LogP contribution in [0.4, 0.5) is 0 Å². The van der Waals surface area contributed by atoms with E-state index in [9.17, 15) is 0 Å². The molecule has 5 rings (SSSR count). The van der Waals surface area contributed by atoms with Crippen LogP contribution in [-0.2, 0) is 0 Å². The fourth-order valence-electron chi connectivity index (χ4n) is 3.64. The Kier molecular flexibility index (Phi) is 3.37. The summed E-state index contributed by atoms with van der Waals surface area (Å²) in [6.45, 7) is 0. The third-order valence-corrected chi connectivity index (χ3v) is 5.52. The Bertz CT molecular complexity index is 1270. The van der Waals surface area contributed by atoms with Crippen molar-refractivity contribution in [1.82, 2.24) is 4.57 Å². The van der Waals surface area contributed by atoms with Gasteiger partial charge in [-0.25, -0.2) is 0 Å². The van der Waals surface area contributed by atoms with E-state index in [1.807, 2.05) is 18.2 Å². The van der Waals surface area contributed by atoms with Gasteiger partial charge in [0.15, 0.2) is 0 Å². The number of halogens is 2. The van der Waals surface area contributed by atoms with E-state index in [-0.39, 0.29) is 0 Å². The quantitative estimate of drug-likeness (QED) is 0.274. The number of nitrogens with zero attached hydrogens (tertiary/aromatic N) is 1. The molecule has 0 saturated carbocycles. The topological polar surface area (TPSA) is 4.93 Å². The number of para-hydroxylation sites is 2. The van der Waals surface area contributed by atoms with Gasteiger partial charge in [-0.2, -0.15) is 0 Å². The number of hydrogen-bond donors (Lipinski definition) is 0. The van der Waals surface area contributed by atoms with Gasteiger partial charge < -0.3 is 4.57 Å². The van der Waals surface area contributed by atoms with Gasteiger partial charge in [0.25, 0.3) is 0 Å². The molecule has 120 valence electrons. The molecule has 0 amide bonds. The second-order valence-corrected chi connectivity index (χ2v) is 7.45. The lowest BCUT2D eigenvalue weighted by Gasteiger charge is -2.11.